The number of carbonyl (C=O) groups excluding carboxylic acids is 1. The van der Waals surface area contributed by atoms with E-state index in [1.54, 1.807) is 23.2 Å². The largest absolute Gasteiger partial charge is 0.363 e. The number of imidazole rings is 1. The number of hydrogen-bond donors (Lipinski definition) is 1. The minimum atomic E-state index is -0.641. The van der Waals surface area contributed by atoms with Crippen molar-refractivity contribution in [3.05, 3.63) is 54.5 Å². The molecule has 6 rings (SSSR count). The number of aromatic nitrogens is 5. The van der Waals surface area contributed by atoms with Crippen molar-refractivity contribution in [2.24, 2.45) is 0 Å². The Morgan fingerprint density at radius 1 is 1.11 bits per heavy atom. The Labute approximate surface area is 254 Å². The summed E-state index contributed by atoms with van der Waals surface area (Å²) in [6, 6.07) is 8.54. The van der Waals surface area contributed by atoms with Crippen molar-refractivity contribution in [3.63, 3.8) is 0 Å². The van der Waals surface area contributed by atoms with Gasteiger partial charge in [-0.1, -0.05) is 0 Å². The normalized spacial score (nSPS) is 17.7. The first kappa shape index (κ1) is 29.4. The summed E-state index contributed by atoms with van der Waals surface area (Å²) < 4.78 is 32.1. The maximum atomic E-state index is 16.4. The number of nitrogens with one attached hydrogen (secondary N) is 1. The maximum Gasteiger partial charge on any atom is 0.236 e. The predicted molar refractivity (Wildman–Crippen MR) is 162 cm³/mol. The van der Waals surface area contributed by atoms with Gasteiger partial charge < -0.3 is 20.0 Å². The zero-order chi connectivity index (χ0) is 30.8. The van der Waals surface area contributed by atoms with E-state index < -0.39 is 11.6 Å². The van der Waals surface area contributed by atoms with E-state index in [0.29, 0.717) is 48.9 Å². The molecule has 1 amide bonds. The molecule has 0 saturated carbocycles. The van der Waals surface area contributed by atoms with Gasteiger partial charge in [-0.15, -0.1) is 0 Å². The summed E-state index contributed by atoms with van der Waals surface area (Å²) in [5.41, 5.74) is 1.50. The molecule has 0 bridgehead atoms. The molecule has 228 valence electrons. The Kier molecular flexibility index (Phi) is 8.34. The molecule has 0 radical (unpaired) electrons. The summed E-state index contributed by atoms with van der Waals surface area (Å²) in [6.45, 7) is 2.53. The minimum absolute atomic E-state index is 0.0268. The van der Waals surface area contributed by atoms with Gasteiger partial charge >= 0.3 is 0 Å². The molecule has 0 aliphatic carbocycles. The van der Waals surface area contributed by atoms with Crippen molar-refractivity contribution in [1.29, 1.82) is 5.26 Å². The van der Waals surface area contributed by atoms with Crippen LogP contribution in [0.4, 0.5) is 20.4 Å². The van der Waals surface area contributed by atoms with Crippen LogP contribution in [0, 0.1) is 23.0 Å². The molecule has 4 aromatic rings. The molecule has 13 heteroatoms. The molecular formula is C31H34F2N10O. The Bertz CT molecular complexity index is 1710. The lowest BCUT2D eigenvalue weighted by molar-refractivity contribution is -0.131. The third-order valence-corrected chi connectivity index (χ3v) is 8.43. The molecule has 44 heavy (non-hydrogen) atoms. The summed E-state index contributed by atoms with van der Waals surface area (Å²) in [5, 5.41) is 12.2. The van der Waals surface area contributed by atoms with E-state index in [0.717, 1.165) is 31.7 Å². The highest BCUT2D eigenvalue weighted by Crippen LogP contribution is 2.32. The van der Waals surface area contributed by atoms with Gasteiger partial charge in [-0.05, 0) is 64.0 Å². The lowest BCUT2D eigenvalue weighted by atomic mass is 10.0. The van der Waals surface area contributed by atoms with Gasteiger partial charge in [-0.3, -0.25) is 9.20 Å². The Hall–Kier alpha value is -4.70. The molecule has 6 heterocycles. The Morgan fingerprint density at radius 3 is 2.70 bits per heavy atom. The molecule has 2 aliphatic rings. The highest BCUT2D eigenvalue weighted by Gasteiger charge is 2.27. The second-order valence-corrected chi connectivity index (χ2v) is 11.5. The summed E-state index contributed by atoms with van der Waals surface area (Å²) in [4.78, 5) is 36.6. The van der Waals surface area contributed by atoms with Gasteiger partial charge in [0.2, 0.25) is 5.91 Å². The standard InChI is InChI=1S/C31H34F2N10O/c1-40(2)23-9-14-41(15-10-23)26-16-20(8-12-35-26)29-28(33)31(37-22-4-3-13-42(19-22)27(44)7-11-34)39-30(38-29)24-17-36-25-6-5-21(32)18-43(24)25/h5-6,8,12,16-18,22-23H,3-4,7,9-10,13-15,19H2,1-2H3,(H,37,38,39)/t22-/m1/s1. The average Bonchev–Trinajstić information content (AvgIpc) is 3.45. The highest BCUT2D eigenvalue weighted by molar-refractivity contribution is 5.78. The molecule has 0 unspecified atom stereocenters. The van der Waals surface area contributed by atoms with Crippen LogP contribution in [0.1, 0.15) is 32.1 Å². The number of likely N-dealkylation sites (tertiary alicyclic amines) is 1. The predicted octanol–water partition coefficient (Wildman–Crippen LogP) is 3.98. The number of carbonyl (C=O) groups is 1. The second kappa shape index (κ2) is 12.5. The third-order valence-electron chi connectivity index (χ3n) is 8.43. The monoisotopic (exact) mass is 600 g/mol. The van der Waals surface area contributed by atoms with Crippen molar-refractivity contribution in [2.75, 3.05) is 50.5 Å². The first-order valence-electron chi connectivity index (χ1n) is 14.8. The Balaban J connectivity index is 1.38. The van der Waals surface area contributed by atoms with Crippen LogP contribution >= 0.6 is 0 Å². The number of amides is 1. The average molecular weight is 601 g/mol. The lowest BCUT2D eigenvalue weighted by Gasteiger charge is -2.35. The lowest BCUT2D eigenvalue weighted by Crippen LogP contribution is -2.45. The minimum Gasteiger partial charge on any atom is -0.363 e. The van der Waals surface area contributed by atoms with Gasteiger partial charge in [0.15, 0.2) is 17.5 Å². The number of piperidine rings is 2. The van der Waals surface area contributed by atoms with Gasteiger partial charge in [-0.2, -0.15) is 5.26 Å². The van der Waals surface area contributed by atoms with Crippen LogP contribution in [-0.4, -0.2) is 92.4 Å². The van der Waals surface area contributed by atoms with E-state index in [-0.39, 0.29) is 35.7 Å². The molecular weight excluding hydrogens is 566 g/mol. The number of rotatable bonds is 7. The van der Waals surface area contributed by atoms with Crippen LogP contribution in [0.2, 0.25) is 0 Å². The maximum absolute atomic E-state index is 16.4. The van der Waals surface area contributed by atoms with Crippen molar-refractivity contribution in [2.45, 2.75) is 44.2 Å². The van der Waals surface area contributed by atoms with Gasteiger partial charge in [0.1, 0.15) is 35.1 Å². The zero-order valence-corrected chi connectivity index (χ0v) is 24.7. The zero-order valence-electron chi connectivity index (χ0n) is 24.7. The second-order valence-electron chi connectivity index (χ2n) is 11.5. The quantitative estimate of drug-likeness (QED) is 0.336. The van der Waals surface area contributed by atoms with E-state index >= 15 is 4.39 Å². The van der Waals surface area contributed by atoms with E-state index in [9.17, 15) is 9.18 Å². The number of fused-ring (bicyclic) bond motifs is 1. The fraction of sp³-hybridized carbons (Fsp3) is 0.419. The summed E-state index contributed by atoms with van der Waals surface area (Å²) in [7, 11) is 4.18. The highest BCUT2D eigenvalue weighted by atomic mass is 19.1. The number of pyridine rings is 2. The SMILES string of the molecule is CN(C)C1CCN(c2cc(-c3nc(-c4cnc5ccc(F)cn45)nc(N[C@@H]4CCCN(C(=O)CC#N)C4)c3F)ccn2)CC1. The van der Waals surface area contributed by atoms with Gasteiger partial charge in [0.05, 0.1) is 12.3 Å². The molecule has 2 fully saturated rings. The first-order chi connectivity index (χ1) is 21.3. The van der Waals surface area contributed by atoms with Crippen molar-refractivity contribution >= 4 is 23.2 Å². The fourth-order valence-electron chi connectivity index (χ4n) is 6.01. The fourth-order valence-corrected chi connectivity index (χ4v) is 6.01. The van der Waals surface area contributed by atoms with E-state index in [4.69, 9.17) is 5.26 Å². The molecule has 0 spiro atoms. The van der Waals surface area contributed by atoms with Gasteiger partial charge in [0.25, 0.3) is 0 Å². The molecule has 2 aliphatic heterocycles. The van der Waals surface area contributed by atoms with Crippen molar-refractivity contribution in [1.82, 2.24) is 34.1 Å². The number of anilines is 2. The molecule has 11 nitrogen and oxygen atoms in total. The van der Waals surface area contributed by atoms with Crippen LogP contribution in [0.5, 0.6) is 0 Å². The van der Waals surface area contributed by atoms with Gasteiger partial charge in [0, 0.05) is 56.2 Å². The van der Waals surface area contributed by atoms with Crippen molar-refractivity contribution < 1.29 is 13.6 Å². The van der Waals surface area contributed by atoms with Crippen molar-refractivity contribution in [3.8, 4) is 28.8 Å². The molecule has 2 saturated heterocycles. The summed E-state index contributed by atoms with van der Waals surface area (Å²) >= 11 is 0. The van der Waals surface area contributed by atoms with Crippen LogP contribution < -0.4 is 10.2 Å². The molecule has 4 aromatic heterocycles. The number of nitriles is 1. The number of halogens is 2. The van der Waals surface area contributed by atoms with E-state index in [1.807, 2.05) is 12.1 Å². The molecule has 0 aromatic carbocycles. The van der Waals surface area contributed by atoms with Crippen LogP contribution in [0.3, 0.4) is 0 Å². The van der Waals surface area contributed by atoms with Gasteiger partial charge in [-0.25, -0.2) is 28.7 Å². The smallest absolute Gasteiger partial charge is 0.236 e. The van der Waals surface area contributed by atoms with Crippen LogP contribution in [-0.2, 0) is 4.79 Å². The van der Waals surface area contributed by atoms with E-state index in [1.165, 1.54) is 22.9 Å². The number of nitrogens with zero attached hydrogens (tertiary/aromatic N) is 9. The third kappa shape index (κ3) is 6.03. The van der Waals surface area contributed by atoms with Crippen LogP contribution in [0.15, 0.2) is 42.9 Å². The van der Waals surface area contributed by atoms with E-state index in [2.05, 4.69) is 49.1 Å². The summed E-state index contributed by atoms with van der Waals surface area (Å²) in [5.74, 6) is -0.474. The number of hydrogen-bond acceptors (Lipinski definition) is 9. The first-order valence-corrected chi connectivity index (χ1v) is 14.8. The topological polar surface area (TPSA) is 119 Å². The Morgan fingerprint density at radius 2 is 1.93 bits per heavy atom. The summed E-state index contributed by atoms with van der Waals surface area (Å²) in [6.07, 6.45) is 7.66. The van der Waals surface area contributed by atoms with Crippen LogP contribution in [0.25, 0.3) is 28.4 Å². The molecule has 1 atom stereocenters. The molecule has 1 N–H and O–H groups in total.